The Kier molecular flexibility index (Phi) is 1.02. The molecule has 5 aliphatic rings. The van der Waals surface area contributed by atoms with Crippen LogP contribution in [-0.4, -0.2) is 0 Å². The van der Waals surface area contributed by atoms with E-state index in [1.807, 2.05) is 0 Å². The van der Waals surface area contributed by atoms with E-state index in [4.69, 9.17) is 0 Å². The normalized spacial score (nSPS) is 76.5. The van der Waals surface area contributed by atoms with E-state index in [2.05, 4.69) is 6.92 Å². The Balaban J connectivity index is 1.56. The molecule has 5 rings (SSSR count). The molecule has 0 spiro atoms. The molecule has 5 aliphatic carbocycles. The topological polar surface area (TPSA) is 0 Å². The van der Waals surface area contributed by atoms with Gasteiger partial charge in [-0.25, -0.2) is 0 Å². The highest BCUT2D eigenvalue weighted by molar-refractivity contribution is 5.21. The quantitative estimate of drug-likeness (QED) is 0.547. The van der Waals surface area contributed by atoms with Crippen molar-refractivity contribution in [2.45, 2.75) is 32.6 Å². The molecule has 76 valence electrons. The van der Waals surface area contributed by atoms with Crippen LogP contribution in [0.5, 0.6) is 0 Å². The van der Waals surface area contributed by atoms with E-state index in [0.29, 0.717) is 0 Å². The van der Waals surface area contributed by atoms with Gasteiger partial charge in [0, 0.05) is 0 Å². The van der Waals surface area contributed by atoms with Crippen LogP contribution in [0.15, 0.2) is 0 Å². The summed E-state index contributed by atoms with van der Waals surface area (Å²) in [5.41, 5.74) is 0. The van der Waals surface area contributed by atoms with E-state index in [9.17, 15) is 0 Å². The molecule has 0 radical (unpaired) electrons. The first kappa shape index (κ1) is 7.30. The summed E-state index contributed by atoms with van der Waals surface area (Å²) in [7, 11) is 0. The lowest BCUT2D eigenvalue weighted by atomic mass is 9.41. The van der Waals surface area contributed by atoms with Gasteiger partial charge in [-0.2, -0.15) is 0 Å². The maximum atomic E-state index is 2.60. The number of hydrogen-bond acceptors (Lipinski definition) is 0. The molecule has 0 heterocycles. The lowest BCUT2D eigenvalue weighted by molar-refractivity contribution is -0.160. The summed E-state index contributed by atoms with van der Waals surface area (Å²) in [6, 6.07) is 0. The van der Waals surface area contributed by atoms with Gasteiger partial charge in [-0.05, 0) is 78.9 Å². The maximum absolute atomic E-state index is 2.60. The molecular formula is C14H20. The number of rotatable bonds is 0. The lowest BCUT2D eigenvalue weighted by Gasteiger charge is -2.64. The van der Waals surface area contributed by atoms with E-state index in [-0.39, 0.29) is 0 Å². The van der Waals surface area contributed by atoms with Crippen molar-refractivity contribution in [1.82, 2.24) is 0 Å². The summed E-state index contributed by atoms with van der Waals surface area (Å²) in [5.74, 6) is 11.0. The van der Waals surface area contributed by atoms with Gasteiger partial charge >= 0.3 is 0 Å². The van der Waals surface area contributed by atoms with Crippen molar-refractivity contribution in [2.24, 2.45) is 53.3 Å². The van der Waals surface area contributed by atoms with Crippen LogP contribution in [0.2, 0.25) is 0 Å². The molecule has 14 heavy (non-hydrogen) atoms. The molecule has 0 bridgehead atoms. The zero-order chi connectivity index (χ0) is 9.02. The molecule has 0 amide bonds. The van der Waals surface area contributed by atoms with Crippen LogP contribution in [0.25, 0.3) is 0 Å². The minimum atomic E-state index is 1.13. The summed E-state index contributed by atoms with van der Waals surface area (Å²) in [6.07, 6.45) is 6.42. The van der Waals surface area contributed by atoms with Crippen LogP contribution in [0, 0.1) is 53.3 Å². The summed E-state index contributed by atoms with van der Waals surface area (Å²) < 4.78 is 0. The number of hydrogen-bond donors (Lipinski definition) is 0. The van der Waals surface area contributed by atoms with Crippen LogP contribution in [-0.2, 0) is 0 Å². The van der Waals surface area contributed by atoms with Crippen LogP contribution in [0.3, 0.4) is 0 Å². The zero-order valence-electron chi connectivity index (χ0n) is 9.02. The Morgan fingerprint density at radius 2 is 0.929 bits per heavy atom. The molecule has 0 aromatic heterocycles. The van der Waals surface area contributed by atoms with Gasteiger partial charge in [-0.1, -0.05) is 6.92 Å². The smallest absolute Gasteiger partial charge is 0.0315 e. The summed E-state index contributed by atoms with van der Waals surface area (Å²) in [4.78, 5) is 0. The first-order valence-corrected chi connectivity index (χ1v) is 6.88. The molecule has 0 nitrogen and oxygen atoms in total. The number of fused-ring (bicyclic) bond motifs is 9. The fraction of sp³-hybridized carbons (Fsp3) is 1.00. The fourth-order valence-electron chi connectivity index (χ4n) is 6.69. The predicted octanol–water partition coefficient (Wildman–Crippen LogP) is 3.18. The van der Waals surface area contributed by atoms with Gasteiger partial charge < -0.3 is 0 Å². The van der Waals surface area contributed by atoms with Crippen molar-refractivity contribution in [3.05, 3.63) is 0 Å². The van der Waals surface area contributed by atoms with Crippen LogP contribution < -0.4 is 0 Å². The Labute approximate surface area is 86.5 Å². The molecule has 5 fully saturated rings. The summed E-state index contributed by atoms with van der Waals surface area (Å²) >= 11 is 0. The molecular weight excluding hydrogens is 168 g/mol. The predicted molar refractivity (Wildman–Crippen MR) is 55.6 cm³/mol. The van der Waals surface area contributed by atoms with Gasteiger partial charge in [0.05, 0.1) is 0 Å². The average Bonchev–Trinajstić information content (AvgIpc) is 2.27. The molecule has 0 saturated heterocycles. The minimum absolute atomic E-state index is 1.13. The first-order valence-electron chi connectivity index (χ1n) is 6.88. The summed E-state index contributed by atoms with van der Waals surface area (Å²) in [6.45, 7) is 2.60. The van der Waals surface area contributed by atoms with Crippen molar-refractivity contribution >= 4 is 0 Å². The largest absolute Gasteiger partial charge is 0.0619 e. The molecule has 5 saturated carbocycles. The zero-order valence-corrected chi connectivity index (χ0v) is 9.02. The van der Waals surface area contributed by atoms with E-state index < -0.39 is 0 Å². The maximum Gasteiger partial charge on any atom is -0.0315 e. The third-order valence-corrected chi connectivity index (χ3v) is 7.29. The third kappa shape index (κ3) is 0.498. The third-order valence-electron chi connectivity index (χ3n) is 7.29. The van der Waals surface area contributed by atoms with Crippen molar-refractivity contribution in [3.63, 3.8) is 0 Å². The molecule has 8 atom stereocenters. The second-order valence-electron chi connectivity index (χ2n) is 6.98. The average molecular weight is 188 g/mol. The van der Waals surface area contributed by atoms with Crippen molar-refractivity contribution in [3.8, 4) is 0 Å². The van der Waals surface area contributed by atoms with Gasteiger partial charge in [-0.15, -0.1) is 0 Å². The van der Waals surface area contributed by atoms with Gasteiger partial charge in [0.1, 0.15) is 0 Å². The highest BCUT2D eigenvalue weighted by Gasteiger charge is 2.73. The van der Waals surface area contributed by atoms with Crippen LogP contribution in [0.4, 0.5) is 0 Å². The Morgan fingerprint density at radius 1 is 0.571 bits per heavy atom. The Morgan fingerprint density at radius 3 is 1.29 bits per heavy atom. The van der Waals surface area contributed by atoms with Gasteiger partial charge in [0.2, 0.25) is 0 Å². The molecule has 0 aliphatic heterocycles. The molecule has 0 aromatic rings. The van der Waals surface area contributed by atoms with Gasteiger partial charge in [0.15, 0.2) is 0 Å². The van der Waals surface area contributed by atoms with E-state index >= 15 is 0 Å². The van der Waals surface area contributed by atoms with Crippen molar-refractivity contribution in [1.29, 1.82) is 0 Å². The van der Waals surface area contributed by atoms with E-state index in [1.165, 1.54) is 47.3 Å². The van der Waals surface area contributed by atoms with Gasteiger partial charge in [0.25, 0.3) is 0 Å². The van der Waals surface area contributed by atoms with E-state index in [1.54, 1.807) is 25.7 Å². The second-order valence-corrected chi connectivity index (χ2v) is 6.98. The standard InChI is InChI=1S/C14H20/c1-6-11-7-2-4-9(7)13(11)14-10-5-3-8(10)12(6)14/h6-14H,2-5H2,1H3. The van der Waals surface area contributed by atoms with E-state index in [0.717, 1.165) is 5.92 Å². The Bertz CT molecular complexity index is 277. The van der Waals surface area contributed by atoms with Crippen LogP contribution >= 0.6 is 0 Å². The van der Waals surface area contributed by atoms with Gasteiger partial charge in [-0.3, -0.25) is 0 Å². The molecule has 0 heteroatoms. The fourth-order valence-corrected chi connectivity index (χ4v) is 6.69. The molecule has 8 unspecified atom stereocenters. The first-order chi connectivity index (χ1) is 6.88. The highest BCUT2D eigenvalue weighted by atomic mass is 14.8. The monoisotopic (exact) mass is 188 g/mol. The molecule has 0 aromatic carbocycles. The SMILES string of the molecule is CC1C2C3CCC3C2C2C3CCC3C12. The summed E-state index contributed by atoms with van der Waals surface area (Å²) in [5, 5.41) is 0. The van der Waals surface area contributed by atoms with Crippen molar-refractivity contribution < 1.29 is 0 Å². The minimum Gasteiger partial charge on any atom is -0.0619 e. The second kappa shape index (κ2) is 1.95. The van der Waals surface area contributed by atoms with Crippen molar-refractivity contribution in [2.75, 3.05) is 0 Å². The lowest BCUT2D eigenvalue weighted by Crippen LogP contribution is -2.58. The highest BCUT2D eigenvalue weighted by Crippen LogP contribution is 2.79. The van der Waals surface area contributed by atoms with Crippen LogP contribution in [0.1, 0.15) is 32.6 Å². The molecule has 0 N–H and O–H groups in total. The Hall–Kier alpha value is 0.